The van der Waals surface area contributed by atoms with Gasteiger partial charge in [-0.3, -0.25) is 0 Å². The quantitative estimate of drug-likeness (QED) is 0.773. The number of morpholine rings is 1. The zero-order valence-corrected chi connectivity index (χ0v) is 12.1. The summed E-state index contributed by atoms with van der Waals surface area (Å²) in [5.41, 5.74) is 0. The highest BCUT2D eigenvalue weighted by atomic mass is 35.5. The zero-order valence-electron chi connectivity index (χ0n) is 10.6. The van der Waals surface area contributed by atoms with Crippen LogP contribution in [-0.2, 0) is 14.8 Å². The van der Waals surface area contributed by atoms with Gasteiger partial charge >= 0.3 is 0 Å². The molecule has 0 saturated carbocycles. The lowest BCUT2D eigenvalue weighted by atomic mass is 10.4. The van der Waals surface area contributed by atoms with Crippen LogP contribution in [0.2, 0.25) is 5.02 Å². The predicted octanol–water partition coefficient (Wildman–Crippen LogP) is -0.467. The molecule has 0 spiro atoms. The molecule has 1 aromatic rings. The highest BCUT2D eigenvalue weighted by Crippen LogP contribution is 2.19. The van der Waals surface area contributed by atoms with Gasteiger partial charge in [0.1, 0.15) is 18.0 Å². The van der Waals surface area contributed by atoms with Gasteiger partial charge in [0.15, 0.2) is 0 Å². The van der Waals surface area contributed by atoms with E-state index in [-0.39, 0.29) is 9.92 Å². The molecule has 19 heavy (non-hydrogen) atoms. The second kappa shape index (κ2) is 6.67. The van der Waals surface area contributed by atoms with E-state index in [1.54, 1.807) is 18.2 Å². The predicted molar refractivity (Wildman–Crippen MR) is 73.0 cm³/mol. The summed E-state index contributed by atoms with van der Waals surface area (Å²) in [6, 6.07) is 6.45. The Bertz CT molecular complexity index is 515. The van der Waals surface area contributed by atoms with Crippen LogP contribution in [-0.4, -0.2) is 47.8 Å². The third-order valence-corrected chi connectivity index (χ3v) is 5.06. The molecule has 1 aliphatic heterocycles. The minimum Gasteiger partial charge on any atom is -0.370 e. The molecule has 1 heterocycles. The van der Waals surface area contributed by atoms with Crippen LogP contribution >= 0.6 is 11.6 Å². The van der Waals surface area contributed by atoms with E-state index >= 15 is 0 Å². The van der Waals surface area contributed by atoms with Crippen molar-refractivity contribution in [1.82, 2.24) is 4.72 Å². The van der Waals surface area contributed by atoms with E-state index in [4.69, 9.17) is 16.3 Å². The average Bonchev–Trinajstić information content (AvgIpc) is 2.40. The van der Waals surface area contributed by atoms with Gasteiger partial charge in [-0.15, -0.1) is 0 Å². The van der Waals surface area contributed by atoms with Gasteiger partial charge in [0.05, 0.1) is 31.3 Å². The van der Waals surface area contributed by atoms with Crippen molar-refractivity contribution >= 4 is 21.6 Å². The third-order valence-electron chi connectivity index (χ3n) is 3.10. The Hall–Kier alpha value is -0.660. The van der Waals surface area contributed by atoms with Crippen LogP contribution in [0.4, 0.5) is 0 Å². The number of hydrogen-bond acceptors (Lipinski definition) is 3. The molecule has 2 N–H and O–H groups in total. The van der Waals surface area contributed by atoms with Crippen molar-refractivity contribution in [2.24, 2.45) is 0 Å². The number of sulfonamides is 1. The van der Waals surface area contributed by atoms with Crippen molar-refractivity contribution in [2.75, 3.05) is 39.4 Å². The van der Waals surface area contributed by atoms with Crippen molar-refractivity contribution in [3.05, 3.63) is 29.3 Å². The molecule has 7 heteroatoms. The SMILES string of the molecule is O=S(=O)(NCC[NH+]1CCOCC1)c1ccccc1Cl. The van der Waals surface area contributed by atoms with Crippen LogP contribution in [0.5, 0.6) is 0 Å². The van der Waals surface area contributed by atoms with Crippen molar-refractivity contribution < 1.29 is 18.1 Å². The van der Waals surface area contributed by atoms with Crippen LogP contribution < -0.4 is 9.62 Å². The summed E-state index contributed by atoms with van der Waals surface area (Å²) in [6.45, 7) is 4.50. The number of quaternary nitrogens is 1. The Morgan fingerprint density at radius 1 is 1.26 bits per heavy atom. The van der Waals surface area contributed by atoms with E-state index in [1.807, 2.05) is 0 Å². The topological polar surface area (TPSA) is 59.8 Å². The first kappa shape index (κ1) is 14.7. The Morgan fingerprint density at radius 3 is 2.63 bits per heavy atom. The lowest BCUT2D eigenvalue weighted by Gasteiger charge is -2.23. The van der Waals surface area contributed by atoms with Crippen LogP contribution in [0, 0.1) is 0 Å². The van der Waals surface area contributed by atoms with Gasteiger partial charge < -0.3 is 9.64 Å². The van der Waals surface area contributed by atoms with Gasteiger partial charge in [-0.2, -0.15) is 0 Å². The molecule has 2 rings (SSSR count). The largest absolute Gasteiger partial charge is 0.370 e. The molecule has 1 saturated heterocycles. The van der Waals surface area contributed by atoms with Crippen molar-refractivity contribution in [2.45, 2.75) is 4.90 Å². The van der Waals surface area contributed by atoms with Crippen molar-refractivity contribution in [3.8, 4) is 0 Å². The molecule has 1 aliphatic rings. The lowest BCUT2D eigenvalue weighted by Crippen LogP contribution is -3.14. The smallest absolute Gasteiger partial charge is 0.242 e. The molecular formula is C12H18ClN2O3S+. The summed E-state index contributed by atoms with van der Waals surface area (Å²) in [5, 5.41) is 0.244. The van der Waals surface area contributed by atoms with Gasteiger partial charge in [-0.1, -0.05) is 23.7 Å². The summed E-state index contributed by atoms with van der Waals surface area (Å²) in [5.74, 6) is 0. The number of nitrogens with one attached hydrogen (secondary N) is 2. The maximum Gasteiger partial charge on any atom is 0.242 e. The van der Waals surface area contributed by atoms with Gasteiger partial charge in [-0.25, -0.2) is 13.1 Å². The maximum atomic E-state index is 12.1. The first-order chi connectivity index (χ1) is 9.09. The zero-order chi connectivity index (χ0) is 13.7. The molecule has 106 valence electrons. The maximum absolute atomic E-state index is 12.1. The second-order valence-electron chi connectivity index (χ2n) is 4.44. The summed E-state index contributed by atoms with van der Waals surface area (Å²) >= 11 is 5.90. The van der Waals surface area contributed by atoms with E-state index in [2.05, 4.69) is 4.72 Å². The first-order valence-corrected chi connectivity index (χ1v) is 8.11. The van der Waals surface area contributed by atoms with Crippen molar-refractivity contribution in [1.29, 1.82) is 0 Å². The monoisotopic (exact) mass is 305 g/mol. The van der Waals surface area contributed by atoms with Crippen LogP contribution in [0.15, 0.2) is 29.2 Å². The highest BCUT2D eigenvalue weighted by Gasteiger charge is 2.19. The van der Waals surface area contributed by atoms with Gasteiger partial charge in [0.25, 0.3) is 0 Å². The fraction of sp³-hybridized carbons (Fsp3) is 0.500. The number of hydrogen-bond donors (Lipinski definition) is 2. The van der Waals surface area contributed by atoms with Crippen LogP contribution in [0.1, 0.15) is 0 Å². The summed E-state index contributed by atoms with van der Waals surface area (Å²) < 4.78 is 32.0. The molecule has 0 amide bonds. The minimum atomic E-state index is -3.52. The molecule has 0 aliphatic carbocycles. The lowest BCUT2D eigenvalue weighted by molar-refractivity contribution is -0.906. The Kier molecular flexibility index (Phi) is 5.18. The summed E-state index contributed by atoms with van der Waals surface area (Å²) in [6.07, 6.45) is 0. The molecule has 5 nitrogen and oxygen atoms in total. The van der Waals surface area contributed by atoms with E-state index < -0.39 is 10.0 Å². The summed E-state index contributed by atoms with van der Waals surface area (Å²) in [7, 11) is -3.52. The highest BCUT2D eigenvalue weighted by molar-refractivity contribution is 7.89. The number of ether oxygens (including phenoxy) is 1. The van der Waals surface area contributed by atoms with Gasteiger partial charge in [0, 0.05) is 0 Å². The van der Waals surface area contributed by atoms with E-state index in [9.17, 15) is 8.42 Å². The fourth-order valence-corrected chi connectivity index (χ4v) is 3.56. The molecule has 1 aromatic carbocycles. The molecule has 0 atom stereocenters. The average molecular weight is 306 g/mol. The van der Waals surface area contributed by atoms with Crippen LogP contribution in [0.25, 0.3) is 0 Å². The van der Waals surface area contributed by atoms with Gasteiger partial charge in [0.2, 0.25) is 10.0 Å². The van der Waals surface area contributed by atoms with E-state index in [1.165, 1.54) is 11.0 Å². The number of benzene rings is 1. The second-order valence-corrected chi connectivity index (χ2v) is 6.58. The van der Waals surface area contributed by atoms with Crippen LogP contribution in [0.3, 0.4) is 0 Å². The minimum absolute atomic E-state index is 0.133. The molecular weight excluding hydrogens is 288 g/mol. The third kappa shape index (κ3) is 4.15. The Labute approximate surface area is 118 Å². The number of rotatable bonds is 5. The van der Waals surface area contributed by atoms with Crippen molar-refractivity contribution in [3.63, 3.8) is 0 Å². The van der Waals surface area contributed by atoms with Gasteiger partial charge in [-0.05, 0) is 12.1 Å². The summed E-state index contributed by atoms with van der Waals surface area (Å²) in [4.78, 5) is 1.49. The first-order valence-electron chi connectivity index (χ1n) is 6.25. The number of halogens is 1. The Morgan fingerprint density at radius 2 is 1.95 bits per heavy atom. The normalized spacial score (nSPS) is 17.5. The molecule has 1 fully saturated rings. The molecule has 0 bridgehead atoms. The fourth-order valence-electron chi connectivity index (χ4n) is 2.01. The molecule has 0 radical (unpaired) electrons. The van der Waals surface area contributed by atoms with E-state index in [0.717, 1.165) is 32.8 Å². The molecule has 0 unspecified atom stereocenters. The standard InChI is InChI=1S/C12H17ClN2O3S/c13-11-3-1-2-4-12(11)19(16,17)14-5-6-15-7-9-18-10-8-15/h1-4,14H,5-10H2/p+1. The Balaban J connectivity index is 1.89. The van der Waals surface area contributed by atoms with E-state index in [0.29, 0.717) is 6.54 Å². The molecule has 0 aromatic heterocycles.